The van der Waals surface area contributed by atoms with E-state index in [0.29, 0.717) is 30.2 Å². The van der Waals surface area contributed by atoms with E-state index in [4.69, 9.17) is 9.47 Å². The van der Waals surface area contributed by atoms with E-state index >= 15 is 0 Å². The molecule has 154 valence electrons. The summed E-state index contributed by atoms with van der Waals surface area (Å²) in [4.78, 5) is 22.0. The third-order valence-electron chi connectivity index (χ3n) is 5.29. The Kier molecular flexibility index (Phi) is 5.57. The molecule has 6 nitrogen and oxygen atoms in total. The number of aromatic nitrogens is 1. The highest BCUT2D eigenvalue weighted by Crippen LogP contribution is 2.33. The minimum atomic E-state index is -0.101. The fourth-order valence-electron chi connectivity index (χ4n) is 3.66. The molecule has 0 spiro atoms. The Hall–Kier alpha value is -3.54. The lowest BCUT2D eigenvalue weighted by Crippen LogP contribution is -2.44. The van der Waals surface area contributed by atoms with Gasteiger partial charge in [-0.25, -0.2) is 4.98 Å². The van der Waals surface area contributed by atoms with Gasteiger partial charge < -0.3 is 19.3 Å². The van der Waals surface area contributed by atoms with Gasteiger partial charge in [0.1, 0.15) is 11.5 Å². The quantitative estimate of drug-likeness (QED) is 0.643. The van der Waals surface area contributed by atoms with E-state index in [1.807, 2.05) is 12.1 Å². The first-order chi connectivity index (χ1) is 14.6. The molecule has 0 bridgehead atoms. The Labute approximate surface area is 176 Å². The van der Waals surface area contributed by atoms with Crippen LogP contribution in [0.3, 0.4) is 0 Å². The lowest BCUT2D eigenvalue weighted by molar-refractivity contribution is 0.0985. The summed E-state index contributed by atoms with van der Waals surface area (Å²) in [6.07, 6.45) is 1.77. The van der Waals surface area contributed by atoms with Gasteiger partial charge in [0.2, 0.25) is 0 Å². The number of nitrogens with zero attached hydrogens (tertiary/aromatic N) is 3. The molecule has 0 aliphatic carbocycles. The van der Waals surface area contributed by atoms with Crippen LogP contribution in [0.15, 0.2) is 60.8 Å². The standard InChI is InChI=1S/C24H25N3O3/c1-17-6-8-18(9-7-17)16-26-11-12-27(22-5-4-10-25-23(22)26)24(28)19-13-20(29-2)15-21(14-19)30-3/h4-10,13-15H,11-12,16H2,1-3H3. The van der Waals surface area contributed by atoms with Crippen molar-refractivity contribution in [1.82, 2.24) is 4.98 Å². The second-order valence-corrected chi connectivity index (χ2v) is 7.31. The summed E-state index contributed by atoms with van der Waals surface area (Å²) in [6, 6.07) is 17.5. The van der Waals surface area contributed by atoms with Gasteiger partial charge in [-0.15, -0.1) is 0 Å². The van der Waals surface area contributed by atoms with Crippen LogP contribution in [-0.2, 0) is 6.54 Å². The molecule has 6 heteroatoms. The van der Waals surface area contributed by atoms with Crippen LogP contribution in [0.2, 0.25) is 0 Å². The van der Waals surface area contributed by atoms with Gasteiger partial charge in [-0.05, 0) is 36.8 Å². The summed E-state index contributed by atoms with van der Waals surface area (Å²) in [6.45, 7) is 4.10. The third kappa shape index (κ3) is 3.94. The van der Waals surface area contributed by atoms with Gasteiger partial charge in [-0.1, -0.05) is 29.8 Å². The SMILES string of the molecule is COc1cc(OC)cc(C(=O)N2CCN(Cc3ccc(C)cc3)c3ncccc32)c1. The van der Waals surface area contributed by atoms with Crippen LogP contribution >= 0.6 is 0 Å². The Balaban J connectivity index is 1.64. The maximum absolute atomic E-state index is 13.4. The number of benzene rings is 2. The number of hydrogen-bond acceptors (Lipinski definition) is 5. The van der Waals surface area contributed by atoms with Crippen molar-refractivity contribution in [2.24, 2.45) is 0 Å². The van der Waals surface area contributed by atoms with E-state index in [1.165, 1.54) is 11.1 Å². The molecule has 0 saturated heterocycles. The zero-order chi connectivity index (χ0) is 21.1. The molecule has 4 rings (SSSR count). The summed E-state index contributed by atoms with van der Waals surface area (Å²) in [5.74, 6) is 1.88. The van der Waals surface area contributed by atoms with Gasteiger partial charge in [0.05, 0.1) is 19.9 Å². The first-order valence-corrected chi connectivity index (χ1v) is 9.89. The Bertz CT molecular complexity index is 1030. The molecule has 1 aliphatic rings. The van der Waals surface area contributed by atoms with Crippen molar-refractivity contribution >= 4 is 17.4 Å². The maximum atomic E-state index is 13.4. The number of methoxy groups -OCH3 is 2. The Morgan fingerprint density at radius 2 is 1.70 bits per heavy atom. The second kappa shape index (κ2) is 8.45. The third-order valence-corrected chi connectivity index (χ3v) is 5.29. The van der Waals surface area contributed by atoms with Crippen molar-refractivity contribution in [3.05, 3.63) is 77.5 Å². The number of aryl methyl sites for hydroxylation is 1. The van der Waals surface area contributed by atoms with E-state index in [9.17, 15) is 4.79 Å². The summed E-state index contributed by atoms with van der Waals surface area (Å²) < 4.78 is 10.6. The topological polar surface area (TPSA) is 54.9 Å². The van der Waals surface area contributed by atoms with E-state index in [0.717, 1.165) is 18.1 Å². The molecular weight excluding hydrogens is 378 g/mol. The molecule has 0 N–H and O–H groups in total. The summed E-state index contributed by atoms with van der Waals surface area (Å²) in [5.41, 5.74) is 3.78. The van der Waals surface area contributed by atoms with Gasteiger partial charge >= 0.3 is 0 Å². The van der Waals surface area contributed by atoms with Crippen LogP contribution < -0.4 is 19.3 Å². The molecule has 0 radical (unpaired) electrons. The van der Waals surface area contributed by atoms with Crippen LogP contribution in [0.4, 0.5) is 11.5 Å². The maximum Gasteiger partial charge on any atom is 0.258 e. The number of rotatable bonds is 5. The number of carbonyl (C=O) groups excluding carboxylic acids is 1. The summed E-state index contributed by atoms with van der Waals surface area (Å²) >= 11 is 0. The van der Waals surface area contributed by atoms with E-state index < -0.39 is 0 Å². The number of hydrogen-bond donors (Lipinski definition) is 0. The first kappa shape index (κ1) is 19.8. The molecule has 0 atom stereocenters. The van der Waals surface area contributed by atoms with Crippen LogP contribution in [0.1, 0.15) is 21.5 Å². The molecule has 1 aliphatic heterocycles. The number of ether oxygens (including phenoxy) is 2. The number of fused-ring (bicyclic) bond motifs is 1. The molecule has 2 aromatic carbocycles. The molecule has 2 heterocycles. The summed E-state index contributed by atoms with van der Waals surface area (Å²) in [5, 5.41) is 0. The molecule has 1 aromatic heterocycles. The minimum Gasteiger partial charge on any atom is -0.497 e. The van der Waals surface area contributed by atoms with E-state index in [2.05, 4.69) is 41.1 Å². The number of anilines is 2. The molecular formula is C24H25N3O3. The lowest BCUT2D eigenvalue weighted by Gasteiger charge is -2.36. The van der Waals surface area contributed by atoms with Crippen molar-refractivity contribution < 1.29 is 14.3 Å². The molecule has 1 amide bonds. The number of carbonyl (C=O) groups is 1. The van der Waals surface area contributed by atoms with Crippen molar-refractivity contribution in [3.63, 3.8) is 0 Å². The van der Waals surface area contributed by atoms with Crippen LogP contribution in [0, 0.1) is 6.92 Å². The fraction of sp³-hybridized carbons (Fsp3) is 0.250. The highest BCUT2D eigenvalue weighted by Gasteiger charge is 2.29. The smallest absolute Gasteiger partial charge is 0.258 e. The van der Waals surface area contributed by atoms with Crippen LogP contribution in [0.25, 0.3) is 0 Å². The molecule has 0 unspecified atom stereocenters. The lowest BCUT2D eigenvalue weighted by atomic mass is 10.1. The first-order valence-electron chi connectivity index (χ1n) is 9.89. The normalized spacial score (nSPS) is 13.0. The van der Waals surface area contributed by atoms with Gasteiger partial charge in [0.15, 0.2) is 5.82 Å². The van der Waals surface area contributed by atoms with Crippen LogP contribution in [-0.4, -0.2) is 38.2 Å². The Morgan fingerprint density at radius 3 is 2.37 bits per heavy atom. The molecule has 0 saturated carbocycles. The number of pyridine rings is 1. The molecule has 0 fully saturated rings. The second-order valence-electron chi connectivity index (χ2n) is 7.31. The predicted octanol–water partition coefficient (Wildman–Crippen LogP) is 4.07. The average molecular weight is 403 g/mol. The molecule has 30 heavy (non-hydrogen) atoms. The minimum absolute atomic E-state index is 0.101. The highest BCUT2D eigenvalue weighted by atomic mass is 16.5. The highest BCUT2D eigenvalue weighted by molar-refractivity contribution is 6.08. The van der Waals surface area contributed by atoms with Crippen molar-refractivity contribution in [3.8, 4) is 11.5 Å². The van der Waals surface area contributed by atoms with Gasteiger partial charge in [-0.2, -0.15) is 0 Å². The molecule has 3 aromatic rings. The van der Waals surface area contributed by atoms with Gasteiger partial charge in [0, 0.05) is 37.5 Å². The zero-order valence-corrected chi connectivity index (χ0v) is 17.5. The largest absolute Gasteiger partial charge is 0.497 e. The fourth-order valence-corrected chi connectivity index (χ4v) is 3.66. The monoisotopic (exact) mass is 403 g/mol. The van der Waals surface area contributed by atoms with E-state index in [-0.39, 0.29) is 5.91 Å². The number of amides is 1. The van der Waals surface area contributed by atoms with Crippen molar-refractivity contribution in [2.75, 3.05) is 37.1 Å². The van der Waals surface area contributed by atoms with Crippen molar-refractivity contribution in [1.29, 1.82) is 0 Å². The zero-order valence-electron chi connectivity index (χ0n) is 17.5. The van der Waals surface area contributed by atoms with Gasteiger partial charge in [-0.3, -0.25) is 4.79 Å². The van der Waals surface area contributed by atoms with Crippen LogP contribution in [0.5, 0.6) is 11.5 Å². The average Bonchev–Trinajstić information content (AvgIpc) is 2.80. The predicted molar refractivity (Wildman–Crippen MR) is 118 cm³/mol. The van der Waals surface area contributed by atoms with Gasteiger partial charge in [0.25, 0.3) is 5.91 Å². The van der Waals surface area contributed by atoms with Crippen molar-refractivity contribution in [2.45, 2.75) is 13.5 Å². The summed E-state index contributed by atoms with van der Waals surface area (Å²) in [7, 11) is 3.15. The van der Waals surface area contributed by atoms with E-state index in [1.54, 1.807) is 43.5 Å². The Morgan fingerprint density at radius 1 is 1.00 bits per heavy atom.